The summed E-state index contributed by atoms with van der Waals surface area (Å²) >= 11 is 0. The molecule has 0 radical (unpaired) electrons. The second-order valence-corrected chi connectivity index (χ2v) is 9.64. The van der Waals surface area contributed by atoms with Crippen LogP contribution in [0, 0.1) is 0 Å². The number of amides is 2. The maximum Gasteiger partial charge on any atom is 0.329 e. The standard InChI is InChI=1S/C22H25N7O3S/c1-33(31,32)28-16-6-4-5-15(13-16)19-10-9-18(23)21(26-19)29(17-7-2-3-8-17)22(30)27-20-14-24-11-12-25-20/h4-6,9-14,17,28H,2-3,7-8,23H2,1H3,(H,25,27,30). The third-order valence-corrected chi connectivity index (χ3v) is 5.91. The normalized spacial score (nSPS) is 14.1. The van der Waals surface area contributed by atoms with Crippen LogP contribution in [0.25, 0.3) is 11.3 Å². The van der Waals surface area contributed by atoms with E-state index in [4.69, 9.17) is 10.7 Å². The lowest BCUT2D eigenvalue weighted by atomic mass is 10.1. The van der Waals surface area contributed by atoms with Crippen LogP contribution in [-0.2, 0) is 10.0 Å². The van der Waals surface area contributed by atoms with Crippen LogP contribution < -0.4 is 20.7 Å². The highest BCUT2D eigenvalue weighted by Gasteiger charge is 2.31. The quantitative estimate of drug-likeness (QED) is 0.503. The Balaban J connectivity index is 1.70. The number of carbonyl (C=O) groups is 1. The molecular formula is C22H25N7O3S. The van der Waals surface area contributed by atoms with Gasteiger partial charge in [-0.1, -0.05) is 25.0 Å². The average molecular weight is 468 g/mol. The molecule has 33 heavy (non-hydrogen) atoms. The number of nitrogens with zero attached hydrogens (tertiary/aromatic N) is 4. The van der Waals surface area contributed by atoms with Gasteiger partial charge < -0.3 is 5.73 Å². The zero-order valence-electron chi connectivity index (χ0n) is 18.1. The van der Waals surface area contributed by atoms with E-state index in [2.05, 4.69) is 20.0 Å². The third kappa shape index (κ3) is 5.55. The lowest BCUT2D eigenvalue weighted by Gasteiger charge is -2.29. The lowest BCUT2D eigenvalue weighted by Crippen LogP contribution is -2.43. The topological polar surface area (TPSA) is 143 Å². The van der Waals surface area contributed by atoms with E-state index in [0.29, 0.717) is 34.3 Å². The number of pyridine rings is 1. The predicted octanol–water partition coefficient (Wildman–Crippen LogP) is 3.47. The van der Waals surface area contributed by atoms with Crippen LogP contribution in [0.4, 0.5) is 27.8 Å². The van der Waals surface area contributed by atoms with Gasteiger partial charge in [0.1, 0.15) is 0 Å². The van der Waals surface area contributed by atoms with Crippen LogP contribution in [0.5, 0.6) is 0 Å². The van der Waals surface area contributed by atoms with Crippen molar-refractivity contribution in [3.8, 4) is 11.3 Å². The molecule has 4 rings (SSSR count). The van der Waals surface area contributed by atoms with Crippen molar-refractivity contribution in [1.82, 2.24) is 15.0 Å². The highest BCUT2D eigenvalue weighted by molar-refractivity contribution is 7.92. The Morgan fingerprint density at radius 2 is 1.94 bits per heavy atom. The second kappa shape index (κ2) is 9.41. The van der Waals surface area contributed by atoms with E-state index in [1.165, 1.54) is 18.6 Å². The van der Waals surface area contributed by atoms with Crippen molar-refractivity contribution in [3.05, 3.63) is 55.0 Å². The first kappa shape index (κ1) is 22.5. The van der Waals surface area contributed by atoms with E-state index >= 15 is 0 Å². The van der Waals surface area contributed by atoms with Crippen molar-refractivity contribution in [2.75, 3.05) is 26.9 Å². The molecule has 0 aliphatic heterocycles. The Bertz CT molecular complexity index is 1250. The zero-order chi connectivity index (χ0) is 23.4. The molecule has 10 nitrogen and oxygen atoms in total. The van der Waals surface area contributed by atoms with Gasteiger partial charge in [0.05, 0.1) is 23.8 Å². The van der Waals surface area contributed by atoms with Gasteiger partial charge in [-0.15, -0.1) is 0 Å². The molecule has 2 aromatic heterocycles. The minimum atomic E-state index is -3.42. The molecule has 0 unspecified atom stereocenters. The summed E-state index contributed by atoms with van der Waals surface area (Å²) in [6.07, 6.45) is 9.30. The monoisotopic (exact) mass is 467 g/mol. The van der Waals surface area contributed by atoms with Crippen molar-refractivity contribution < 1.29 is 13.2 Å². The summed E-state index contributed by atoms with van der Waals surface area (Å²) in [7, 11) is -3.42. The number of hydrogen-bond donors (Lipinski definition) is 3. The Hall–Kier alpha value is -3.73. The molecule has 2 heterocycles. The Morgan fingerprint density at radius 3 is 2.64 bits per heavy atom. The minimum absolute atomic E-state index is 0.0510. The van der Waals surface area contributed by atoms with Gasteiger partial charge in [0.25, 0.3) is 0 Å². The van der Waals surface area contributed by atoms with Gasteiger partial charge in [-0.25, -0.2) is 23.2 Å². The first-order valence-corrected chi connectivity index (χ1v) is 12.4. The number of nitrogens with one attached hydrogen (secondary N) is 2. The maximum absolute atomic E-state index is 13.3. The molecule has 1 saturated carbocycles. The van der Waals surface area contributed by atoms with Crippen molar-refractivity contribution >= 4 is 39.1 Å². The number of anilines is 4. The SMILES string of the molecule is CS(=O)(=O)Nc1cccc(-c2ccc(N)c(N(C(=O)Nc3cnccn3)C3CCCC3)n2)c1. The molecule has 0 bridgehead atoms. The molecule has 11 heteroatoms. The Labute approximate surface area is 192 Å². The Kier molecular flexibility index (Phi) is 6.40. The maximum atomic E-state index is 13.3. The number of urea groups is 1. The van der Waals surface area contributed by atoms with Crippen LogP contribution in [0.2, 0.25) is 0 Å². The predicted molar refractivity (Wildman–Crippen MR) is 128 cm³/mol. The summed E-state index contributed by atoms with van der Waals surface area (Å²) in [5.74, 6) is 0.682. The molecule has 1 fully saturated rings. The van der Waals surface area contributed by atoms with Gasteiger partial charge >= 0.3 is 6.03 Å². The summed E-state index contributed by atoms with van der Waals surface area (Å²) < 4.78 is 25.7. The third-order valence-electron chi connectivity index (χ3n) is 5.30. The summed E-state index contributed by atoms with van der Waals surface area (Å²) in [5, 5.41) is 2.78. The molecule has 4 N–H and O–H groups in total. The number of hydrogen-bond acceptors (Lipinski definition) is 7. The van der Waals surface area contributed by atoms with Crippen molar-refractivity contribution in [1.29, 1.82) is 0 Å². The van der Waals surface area contributed by atoms with E-state index in [1.54, 1.807) is 35.2 Å². The molecule has 0 spiro atoms. The van der Waals surface area contributed by atoms with Gasteiger partial charge in [0.2, 0.25) is 10.0 Å². The van der Waals surface area contributed by atoms with Crippen LogP contribution in [-0.4, -0.2) is 41.7 Å². The first-order valence-electron chi connectivity index (χ1n) is 10.5. The molecule has 0 atom stereocenters. The average Bonchev–Trinajstić information content (AvgIpc) is 3.29. The number of nitrogen functional groups attached to an aromatic ring is 1. The van der Waals surface area contributed by atoms with Crippen LogP contribution in [0.1, 0.15) is 25.7 Å². The fourth-order valence-corrected chi connectivity index (χ4v) is 4.45. The van der Waals surface area contributed by atoms with Crippen molar-refractivity contribution in [2.45, 2.75) is 31.7 Å². The van der Waals surface area contributed by atoms with E-state index in [1.807, 2.05) is 6.07 Å². The number of nitrogens with two attached hydrogens (primary N) is 1. The molecule has 3 aromatic rings. The number of benzene rings is 1. The molecule has 1 aliphatic rings. The van der Waals surface area contributed by atoms with Crippen molar-refractivity contribution in [2.24, 2.45) is 0 Å². The summed E-state index contributed by atoms with van der Waals surface area (Å²) in [5.41, 5.74) is 8.31. The smallest absolute Gasteiger partial charge is 0.329 e. The van der Waals surface area contributed by atoms with Gasteiger partial charge in [0, 0.05) is 29.7 Å². The largest absolute Gasteiger partial charge is 0.396 e. The van der Waals surface area contributed by atoms with E-state index in [0.717, 1.165) is 31.9 Å². The number of rotatable bonds is 6. The zero-order valence-corrected chi connectivity index (χ0v) is 18.9. The van der Waals surface area contributed by atoms with Crippen LogP contribution in [0.15, 0.2) is 55.0 Å². The molecule has 172 valence electrons. The summed E-state index contributed by atoms with van der Waals surface area (Å²) in [4.78, 5) is 27.7. The van der Waals surface area contributed by atoms with Gasteiger partial charge in [-0.2, -0.15) is 0 Å². The fraction of sp³-hybridized carbons (Fsp3) is 0.273. The number of carbonyl (C=O) groups excluding carboxylic acids is 1. The highest BCUT2D eigenvalue weighted by atomic mass is 32.2. The number of aromatic nitrogens is 3. The van der Waals surface area contributed by atoms with Gasteiger partial charge in [-0.05, 0) is 37.1 Å². The fourth-order valence-electron chi connectivity index (χ4n) is 3.90. The van der Waals surface area contributed by atoms with Crippen LogP contribution in [0.3, 0.4) is 0 Å². The molecule has 1 aromatic carbocycles. The highest BCUT2D eigenvalue weighted by Crippen LogP contribution is 2.33. The van der Waals surface area contributed by atoms with E-state index < -0.39 is 10.0 Å². The number of sulfonamides is 1. The van der Waals surface area contributed by atoms with Crippen molar-refractivity contribution in [3.63, 3.8) is 0 Å². The molecule has 2 amide bonds. The Morgan fingerprint density at radius 1 is 1.15 bits per heavy atom. The summed E-state index contributed by atoms with van der Waals surface area (Å²) in [6.45, 7) is 0. The minimum Gasteiger partial charge on any atom is -0.396 e. The lowest BCUT2D eigenvalue weighted by molar-refractivity contribution is 0.254. The van der Waals surface area contributed by atoms with Crippen LogP contribution >= 0.6 is 0 Å². The van der Waals surface area contributed by atoms with E-state index in [9.17, 15) is 13.2 Å². The first-order chi connectivity index (χ1) is 15.8. The molecular weight excluding hydrogens is 442 g/mol. The van der Waals surface area contributed by atoms with Gasteiger partial charge in [0.15, 0.2) is 11.6 Å². The molecule has 0 saturated heterocycles. The van der Waals surface area contributed by atoms with Gasteiger partial charge in [-0.3, -0.25) is 19.9 Å². The van der Waals surface area contributed by atoms with E-state index in [-0.39, 0.29) is 12.1 Å². The molecule has 1 aliphatic carbocycles. The summed E-state index contributed by atoms with van der Waals surface area (Å²) in [6, 6.07) is 9.89. The second-order valence-electron chi connectivity index (χ2n) is 7.89.